The average Bonchev–Trinajstić information content (AvgIpc) is 2.61. The van der Waals surface area contributed by atoms with Gasteiger partial charge in [-0.3, -0.25) is 4.79 Å². The molecule has 0 radical (unpaired) electrons. The molecule has 0 heterocycles. The second kappa shape index (κ2) is 8.96. The molecule has 2 N–H and O–H groups in total. The molecule has 5 nitrogen and oxygen atoms in total. The van der Waals surface area contributed by atoms with Crippen LogP contribution >= 0.6 is 0 Å². The number of benzene rings is 2. The van der Waals surface area contributed by atoms with E-state index in [4.69, 9.17) is 0 Å². The van der Waals surface area contributed by atoms with Crippen LogP contribution in [0.3, 0.4) is 0 Å². The van der Waals surface area contributed by atoms with Crippen LogP contribution in [0.5, 0.6) is 0 Å². The van der Waals surface area contributed by atoms with E-state index in [9.17, 15) is 13.2 Å². The van der Waals surface area contributed by atoms with Gasteiger partial charge in [0.1, 0.15) is 0 Å². The Labute approximate surface area is 155 Å². The van der Waals surface area contributed by atoms with E-state index in [1.54, 1.807) is 19.1 Å². The van der Waals surface area contributed by atoms with Crippen molar-refractivity contribution in [2.24, 2.45) is 0 Å². The molecule has 0 saturated heterocycles. The second-order valence-corrected chi connectivity index (χ2v) is 8.30. The monoisotopic (exact) mass is 374 g/mol. The van der Waals surface area contributed by atoms with E-state index < -0.39 is 16.1 Å². The van der Waals surface area contributed by atoms with E-state index >= 15 is 0 Å². The van der Waals surface area contributed by atoms with Gasteiger partial charge >= 0.3 is 0 Å². The van der Waals surface area contributed by atoms with Gasteiger partial charge in [0.05, 0.1) is 10.9 Å². The zero-order valence-corrected chi connectivity index (χ0v) is 16.2. The first-order valence-electron chi connectivity index (χ1n) is 8.71. The van der Waals surface area contributed by atoms with Crippen molar-refractivity contribution in [1.82, 2.24) is 10.0 Å². The zero-order chi connectivity index (χ0) is 19.2. The number of rotatable bonds is 8. The summed E-state index contributed by atoms with van der Waals surface area (Å²) in [5, 5.41) is 2.87. The summed E-state index contributed by atoms with van der Waals surface area (Å²) in [5.74, 6) is -0.332. The van der Waals surface area contributed by atoms with Crippen LogP contribution < -0.4 is 10.0 Å². The SMILES string of the molecule is Cc1ccc(S(=O)(=O)N[C@@H](C)C(=O)N[C@@H](C)CCc2ccccc2)cc1. The molecule has 0 saturated carbocycles. The summed E-state index contributed by atoms with van der Waals surface area (Å²) in [5.41, 5.74) is 2.18. The van der Waals surface area contributed by atoms with Crippen molar-refractivity contribution in [3.8, 4) is 0 Å². The van der Waals surface area contributed by atoms with E-state index in [0.717, 1.165) is 18.4 Å². The van der Waals surface area contributed by atoms with Crippen LogP contribution in [0.25, 0.3) is 0 Å². The van der Waals surface area contributed by atoms with Crippen LogP contribution in [0.2, 0.25) is 0 Å². The van der Waals surface area contributed by atoms with Crippen molar-refractivity contribution < 1.29 is 13.2 Å². The molecule has 2 rings (SSSR count). The Kier molecular flexibility index (Phi) is 6.94. The Bertz CT molecular complexity index is 818. The van der Waals surface area contributed by atoms with E-state index in [0.29, 0.717) is 0 Å². The van der Waals surface area contributed by atoms with Gasteiger partial charge in [0.2, 0.25) is 15.9 Å². The lowest BCUT2D eigenvalue weighted by molar-refractivity contribution is -0.123. The normalized spacial score (nSPS) is 13.8. The molecule has 26 heavy (non-hydrogen) atoms. The summed E-state index contributed by atoms with van der Waals surface area (Å²) in [4.78, 5) is 12.4. The minimum absolute atomic E-state index is 0.0472. The predicted octanol–water partition coefficient (Wildman–Crippen LogP) is 2.80. The van der Waals surface area contributed by atoms with E-state index in [-0.39, 0.29) is 16.8 Å². The fourth-order valence-electron chi connectivity index (χ4n) is 2.54. The lowest BCUT2D eigenvalue weighted by Gasteiger charge is -2.18. The third-order valence-corrected chi connectivity index (χ3v) is 5.71. The van der Waals surface area contributed by atoms with Gasteiger partial charge in [0.25, 0.3) is 0 Å². The molecule has 0 aliphatic carbocycles. The topological polar surface area (TPSA) is 75.3 Å². The van der Waals surface area contributed by atoms with E-state index in [2.05, 4.69) is 10.0 Å². The highest BCUT2D eigenvalue weighted by atomic mass is 32.2. The van der Waals surface area contributed by atoms with Crippen molar-refractivity contribution in [3.63, 3.8) is 0 Å². The largest absolute Gasteiger partial charge is 0.352 e. The number of hydrogen-bond donors (Lipinski definition) is 2. The van der Waals surface area contributed by atoms with Crippen molar-refractivity contribution in [1.29, 1.82) is 0 Å². The predicted molar refractivity (Wildman–Crippen MR) is 103 cm³/mol. The van der Waals surface area contributed by atoms with Gasteiger partial charge in [-0.05, 0) is 51.3 Å². The smallest absolute Gasteiger partial charge is 0.241 e. The molecule has 0 aliphatic heterocycles. The number of carbonyl (C=O) groups is 1. The molecule has 6 heteroatoms. The number of aryl methyl sites for hydroxylation is 2. The number of amides is 1. The fourth-order valence-corrected chi connectivity index (χ4v) is 3.74. The number of nitrogens with one attached hydrogen (secondary N) is 2. The molecule has 0 bridgehead atoms. The highest BCUT2D eigenvalue weighted by Crippen LogP contribution is 2.11. The molecule has 0 fully saturated rings. The summed E-state index contributed by atoms with van der Waals surface area (Å²) in [6.07, 6.45) is 1.64. The zero-order valence-electron chi connectivity index (χ0n) is 15.4. The molecule has 1 amide bonds. The Morgan fingerprint density at radius 3 is 2.23 bits per heavy atom. The first-order chi connectivity index (χ1) is 12.3. The summed E-state index contributed by atoms with van der Waals surface area (Å²) in [6.45, 7) is 5.35. The summed E-state index contributed by atoms with van der Waals surface area (Å²) >= 11 is 0. The number of carbonyl (C=O) groups excluding carboxylic acids is 1. The van der Waals surface area contributed by atoms with Crippen LogP contribution in [0.1, 0.15) is 31.4 Å². The van der Waals surface area contributed by atoms with Gasteiger partial charge in [-0.2, -0.15) is 4.72 Å². The van der Waals surface area contributed by atoms with Crippen LogP contribution in [-0.4, -0.2) is 26.4 Å². The molecule has 140 valence electrons. The maximum atomic E-state index is 12.4. The molecule has 0 aliphatic rings. The summed E-state index contributed by atoms with van der Waals surface area (Å²) in [7, 11) is -3.72. The highest BCUT2D eigenvalue weighted by Gasteiger charge is 2.22. The molecule has 0 aromatic heterocycles. The third kappa shape index (κ3) is 5.97. The Morgan fingerprint density at radius 2 is 1.62 bits per heavy atom. The van der Waals surface area contributed by atoms with Crippen molar-refractivity contribution >= 4 is 15.9 Å². The maximum absolute atomic E-state index is 12.4. The van der Waals surface area contributed by atoms with Gasteiger partial charge in [0, 0.05) is 6.04 Å². The lowest BCUT2D eigenvalue weighted by atomic mass is 10.1. The first-order valence-corrected chi connectivity index (χ1v) is 10.2. The van der Waals surface area contributed by atoms with Gasteiger partial charge in [-0.1, -0.05) is 48.0 Å². The van der Waals surface area contributed by atoms with Crippen LogP contribution in [-0.2, 0) is 21.2 Å². The van der Waals surface area contributed by atoms with Gasteiger partial charge in [-0.15, -0.1) is 0 Å². The van der Waals surface area contributed by atoms with Gasteiger partial charge in [0.15, 0.2) is 0 Å². The van der Waals surface area contributed by atoms with Crippen LogP contribution in [0.15, 0.2) is 59.5 Å². The van der Waals surface area contributed by atoms with Crippen LogP contribution in [0.4, 0.5) is 0 Å². The lowest BCUT2D eigenvalue weighted by Crippen LogP contribution is -2.47. The van der Waals surface area contributed by atoms with Gasteiger partial charge in [-0.25, -0.2) is 8.42 Å². The number of sulfonamides is 1. The molecule has 0 unspecified atom stereocenters. The molecule has 0 spiro atoms. The average molecular weight is 375 g/mol. The summed E-state index contributed by atoms with van der Waals surface area (Å²) < 4.78 is 27.2. The highest BCUT2D eigenvalue weighted by molar-refractivity contribution is 7.89. The quantitative estimate of drug-likeness (QED) is 0.746. The fraction of sp³-hybridized carbons (Fsp3) is 0.350. The van der Waals surface area contributed by atoms with E-state index in [1.807, 2.05) is 44.2 Å². The van der Waals surface area contributed by atoms with Crippen molar-refractivity contribution in [2.45, 2.75) is 50.6 Å². The Morgan fingerprint density at radius 1 is 1.00 bits per heavy atom. The van der Waals surface area contributed by atoms with Gasteiger partial charge < -0.3 is 5.32 Å². The maximum Gasteiger partial charge on any atom is 0.241 e. The van der Waals surface area contributed by atoms with Crippen molar-refractivity contribution in [2.75, 3.05) is 0 Å². The molecular formula is C20H26N2O3S. The number of hydrogen-bond acceptors (Lipinski definition) is 3. The van der Waals surface area contributed by atoms with Crippen molar-refractivity contribution in [3.05, 3.63) is 65.7 Å². The summed E-state index contributed by atoms with van der Waals surface area (Å²) in [6, 6.07) is 15.7. The standard InChI is InChI=1S/C20H26N2O3S/c1-15-9-13-19(14-10-15)26(24,25)22-17(3)20(23)21-16(2)11-12-18-7-5-4-6-8-18/h4-10,13-14,16-17,22H,11-12H2,1-3H3,(H,21,23)/t16-,17-/m0/s1. The molecule has 2 aromatic carbocycles. The third-order valence-electron chi connectivity index (χ3n) is 4.15. The molecule has 2 aromatic rings. The van der Waals surface area contributed by atoms with Crippen LogP contribution in [0, 0.1) is 6.92 Å². The minimum atomic E-state index is -3.72. The van der Waals surface area contributed by atoms with E-state index in [1.165, 1.54) is 17.7 Å². The minimum Gasteiger partial charge on any atom is -0.352 e. The first kappa shape index (κ1) is 20.1. The second-order valence-electron chi connectivity index (χ2n) is 6.59. The molecular weight excluding hydrogens is 348 g/mol. The Hall–Kier alpha value is -2.18. The Balaban J connectivity index is 1.87. The molecule has 2 atom stereocenters.